The Kier molecular flexibility index (Phi) is 2.98. The molecule has 0 unspecified atom stereocenters. The Morgan fingerprint density at radius 3 is 2.80 bits per heavy atom. The predicted octanol–water partition coefficient (Wildman–Crippen LogP) is 3.04. The second-order valence-electron chi connectivity index (χ2n) is 4.56. The van der Waals surface area contributed by atoms with Gasteiger partial charge in [-0.1, -0.05) is 13.8 Å². The molecule has 3 nitrogen and oxygen atoms in total. The third-order valence-corrected chi connectivity index (χ3v) is 3.54. The van der Waals surface area contributed by atoms with E-state index in [2.05, 4.69) is 34.9 Å². The maximum absolute atomic E-state index is 4.40. The second-order valence-corrected chi connectivity index (χ2v) is 4.56. The summed E-state index contributed by atoms with van der Waals surface area (Å²) in [6.45, 7) is 5.52. The van der Waals surface area contributed by atoms with Gasteiger partial charge in [-0.2, -0.15) is 0 Å². The summed E-state index contributed by atoms with van der Waals surface area (Å²) in [5.74, 6) is 1.05. The number of nitrogens with one attached hydrogen (secondary N) is 1. The minimum Gasteiger partial charge on any atom is -0.350 e. The topological polar surface area (TPSA) is 29.9 Å². The van der Waals surface area contributed by atoms with Crippen LogP contribution >= 0.6 is 0 Å². The summed E-state index contributed by atoms with van der Waals surface area (Å²) in [5, 5.41) is 3.63. The van der Waals surface area contributed by atoms with E-state index in [0.29, 0.717) is 5.54 Å². The summed E-state index contributed by atoms with van der Waals surface area (Å²) in [6.07, 6.45) is 10.3. The third kappa shape index (κ3) is 2.01. The number of aryl methyl sites for hydroxylation is 1. The normalized spacial score (nSPS) is 18.5. The van der Waals surface area contributed by atoms with Crippen molar-refractivity contribution in [2.24, 2.45) is 0 Å². The lowest BCUT2D eigenvalue weighted by Gasteiger charge is -2.42. The van der Waals surface area contributed by atoms with Crippen molar-refractivity contribution in [3.05, 3.63) is 12.4 Å². The van der Waals surface area contributed by atoms with Crippen molar-refractivity contribution in [3.63, 3.8) is 0 Å². The Balaban J connectivity index is 2.06. The summed E-state index contributed by atoms with van der Waals surface area (Å²) in [6, 6.07) is 0. The van der Waals surface area contributed by atoms with Gasteiger partial charge in [-0.3, -0.25) is 0 Å². The number of hydrogen-bond acceptors (Lipinski definition) is 2. The fourth-order valence-corrected chi connectivity index (χ4v) is 2.26. The van der Waals surface area contributed by atoms with E-state index in [1.165, 1.54) is 25.7 Å². The molecule has 1 aromatic rings. The highest BCUT2D eigenvalue weighted by Gasteiger charge is 2.35. The third-order valence-electron chi connectivity index (χ3n) is 3.54. The van der Waals surface area contributed by atoms with Gasteiger partial charge in [0.25, 0.3) is 0 Å². The first-order chi connectivity index (χ1) is 7.29. The van der Waals surface area contributed by atoms with E-state index >= 15 is 0 Å². The van der Waals surface area contributed by atoms with Crippen LogP contribution in [0.25, 0.3) is 0 Å². The van der Waals surface area contributed by atoms with E-state index in [-0.39, 0.29) is 0 Å². The second kappa shape index (κ2) is 4.25. The molecule has 3 heteroatoms. The number of imidazole rings is 1. The zero-order chi connectivity index (χ0) is 10.7. The Morgan fingerprint density at radius 1 is 1.47 bits per heavy atom. The molecule has 1 aliphatic rings. The predicted molar refractivity (Wildman–Crippen MR) is 63.0 cm³/mol. The molecule has 0 aliphatic heterocycles. The zero-order valence-electron chi connectivity index (χ0n) is 9.79. The van der Waals surface area contributed by atoms with Crippen LogP contribution in [0.4, 0.5) is 5.95 Å². The Bertz CT molecular complexity index is 307. The van der Waals surface area contributed by atoms with E-state index in [1.807, 2.05) is 6.20 Å². The number of nitrogens with zero attached hydrogens (tertiary/aromatic N) is 2. The van der Waals surface area contributed by atoms with Crippen LogP contribution in [0.2, 0.25) is 0 Å². The average molecular weight is 207 g/mol. The summed E-state index contributed by atoms with van der Waals surface area (Å²) >= 11 is 0. The minimum atomic E-state index is 0.344. The number of hydrogen-bond donors (Lipinski definition) is 1. The summed E-state index contributed by atoms with van der Waals surface area (Å²) in [4.78, 5) is 4.40. The molecule has 84 valence electrons. The minimum absolute atomic E-state index is 0.344. The molecule has 0 saturated heterocycles. The van der Waals surface area contributed by atoms with Crippen molar-refractivity contribution in [2.45, 2.75) is 58.0 Å². The smallest absolute Gasteiger partial charge is 0.203 e. The number of anilines is 1. The van der Waals surface area contributed by atoms with Crippen LogP contribution in [-0.4, -0.2) is 15.1 Å². The maximum atomic E-state index is 4.40. The molecule has 0 atom stereocenters. The number of aromatic nitrogens is 2. The molecular weight excluding hydrogens is 186 g/mol. The van der Waals surface area contributed by atoms with Gasteiger partial charge in [-0.15, -0.1) is 0 Å². The van der Waals surface area contributed by atoms with Crippen molar-refractivity contribution in [1.82, 2.24) is 9.55 Å². The van der Waals surface area contributed by atoms with E-state index in [0.717, 1.165) is 18.9 Å². The molecule has 15 heavy (non-hydrogen) atoms. The standard InChI is InChI=1S/C12H21N3/c1-3-9-15-10-8-13-11(15)14-12(4-2)6-5-7-12/h8,10H,3-7,9H2,1-2H3,(H,13,14). The highest BCUT2D eigenvalue weighted by atomic mass is 15.2. The Hall–Kier alpha value is -0.990. The van der Waals surface area contributed by atoms with Crippen LogP contribution < -0.4 is 5.32 Å². The van der Waals surface area contributed by atoms with Gasteiger partial charge in [0.05, 0.1) is 0 Å². The molecule has 1 heterocycles. The highest BCUT2D eigenvalue weighted by Crippen LogP contribution is 2.37. The van der Waals surface area contributed by atoms with Gasteiger partial charge in [0, 0.05) is 24.5 Å². The van der Waals surface area contributed by atoms with Gasteiger partial charge in [-0.25, -0.2) is 4.98 Å². The van der Waals surface area contributed by atoms with Crippen molar-refractivity contribution in [1.29, 1.82) is 0 Å². The van der Waals surface area contributed by atoms with Crippen LogP contribution in [0.5, 0.6) is 0 Å². The molecule has 1 fully saturated rings. The lowest BCUT2D eigenvalue weighted by molar-refractivity contribution is 0.267. The fraction of sp³-hybridized carbons (Fsp3) is 0.750. The first-order valence-corrected chi connectivity index (χ1v) is 6.09. The zero-order valence-corrected chi connectivity index (χ0v) is 9.79. The summed E-state index contributed by atoms with van der Waals surface area (Å²) in [7, 11) is 0. The molecule has 0 spiro atoms. The summed E-state index contributed by atoms with van der Waals surface area (Å²) in [5.41, 5.74) is 0.344. The monoisotopic (exact) mass is 207 g/mol. The van der Waals surface area contributed by atoms with Crippen molar-refractivity contribution < 1.29 is 0 Å². The van der Waals surface area contributed by atoms with Crippen molar-refractivity contribution >= 4 is 5.95 Å². The van der Waals surface area contributed by atoms with Gasteiger partial charge in [0.15, 0.2) is 0 Å². The van der Waals surface area contributed by atoms with E-state index in [9.17, 15) is 0 Å². The Morgan fingerprint density at radius 2 is 2.27 bits per heavy atom. The van der Waals surface area contributed by atoms with Crippen molar-refractivity contribution in [3.8, 4) is 0 Å². The highest BCUT2D eigenvalue weighted by molar-refractivity contribution is 5.32. The SMILES string of the molecule is CCCn1ccnc1NC1(CC)CCC1. The molecule has 2 rings (SSSR count). The molecular formula is C12H21N3. The largest absolute Gasteiger partial charge is 0.350 e. The molecule has 1 N–H and O–H groups in total. The number of rotatable bonds is 5. The maximum Gasteiger partial charge on any atom is 0.203 e. The fourth-order valence-electron chi connectivity index (χ4n) is 2.26. The lowest BCUT2D eigenvalue weighted by atomic mass is 9.75. The van der Waals surface area contributed by atoms with Gasteiger partial charge >= 0.3 is 0 Å². The quantitative estimate of drug-likeness (QED) is 0.804. The van der Waals surface area contributed by atoms with Crippen LogP contribution in [0.15, 0.2) is 12.4 Å². The van der Waals surface area contributed by atoms with Crippen LogP contribution in [0.1, 0.15) is 46.0 Å². The average Bonchev–Trinajstić information content (AvgIpc) is 2.60. The van der Waals surface area contributed by atoms with Crippen LogP contribution in [0, 0.1) is 0 Å². The van der Waals surface area contributed by atoms with E-state index in [4.69, 9.17) is 0 Å². The summed E-state index contributed by atoms with van der Waals surface area (Å²) < 4.78 is 2.22. The van der Waals surface area contributed by atoms with Crippen molar-refractivity contribution in [2.75, 3.05) is 5.32 Å². The lowest BCUT2D eigenvalue weighted by Crippen LogP contribution is -2.45. The first kappa shape index (κ1) is 10.5. The molecule has 0 amide bonds. The molecule has 1 aromatic heterocycles. The molecule has 1 aliphatic carbocycles. The van der Waals surface area contributed by atoms with Gasteiger partial charge in [0.2, 0.25) is 5.95 Å². The molecule has 0 aromatic carbocycles. The van der Waals surface area contributed by atoms with E-state index < -0.39 is 0 Å². The van der Waals surface area contributed by atoms with Gasteiger partial charge in [0.1, 0.15) is 0 Å². The van der Waals surface area contributed by atoms with Crippen LogP contribution in [0.3, 0.4) is 0 Å². The van der Waals surface area contributed by atoms with Gasteiger partial charge in [-0.05, 0) is 32.1 Å². The van der Waals surface area contributed by atoms with Gasteiger partial charge < -0.3 is 9.88 Å². The molecule has 0 radical (unpaired) electrons. The van der Waals surface area contributed by atoms with E-state index in [1.54, 1.807) is 0 Å². The molecule has 0 bridgehead atoms. The molecule has 1 saturated carbocycles. The Labute approximate surface area is 91.9 Å². The first-order valence-electron chi connectivity index (χ1n) is 6.09. The van der Waals surface area contributed by atoms with Crippen LogP contribution in [-0.2, 0) is 6.54 Å².